The average Bonchev–Trinajstić information content (AvgIpc) is 2.83. The van der Waals surface area contributed by atoms with Crippen LogP contribution in [0.5, 0.6) is 0 Å². The van der Waals surface area contributed by atoms with E-state index in [1.165, 1.54) is 201 Å². The van der Waals surface area contributed by atoms with Crippen molar-refractivity contribution in [2.75, 3.05) is 0 Å². The van der Waals surface area contributed by atoms with Crippen molar-refractivity contribution in [1.29, 1.82) is 0 Å². The molecule has 0 heterocycles. The van der Waals surface area contributed by atoms with Crippen molar-refractivity contribution >= 4 is 9.52 Å². The molecule has 0 spiro atoms. The van der Waals surface area contributed by atoms with Crippen molar-refractivity contribution in [3.8, 4) is 0 Å². The number of rotatable bonds is 30. The standard InChI is InChI=1S/C32H66Si/c1-3-5-7-9-11-13-15-17-19-21-23-25-27-29-31-33-32-30-28-26-24-22-20-18-16-14-12-10-8-6-4-2/h3-32H2,1-2H3. The van der Waals surface area contributed by atoms with E-state index in [9.17, 15) is 0 Å². The van der Waals surface area contributed by atoms with E-state index in [4.69, 9.17) is 0 Å². The van der Waals surface area contributed by atoms with Crippen LogP contribution in [0.2, 0.25) is 12.1 Å². The average molecular weight is 479 g/mol. The highest BCUT2D eigenvalue weighted by Gasteiger charge is 1.97. The lowest BCUT2D eigenvalue weighted by Gasteiger charge is -2.04. The van der Waals surface area contributed by atoms with Gasteiger partial charge in [-0.15, -0.1) is 0 Å². The van der Waals surface area contributed by atoms with Gasteiger partial charge in [0.2, 0.25) is 0 Å². The van der Waals surface area contributed by atoms with Gasteiger partial charge in [0.1, 0.15) is 0 Å². The summed E-state index contributed by atoms with van der Waals surface area (Å²) >= 11 is 0. The van der Waals surface area contributed by atoms with Gasteiger partial charge in [0.25, 0.3) is 0 Å². The van der Waals surface area contributed by atoms with E-state index in [1.54, 1.807) is 0 Å². The van der Waals surface area contributed by atoms with Gasteiger partial charge in [-0.25, -0.2) is 0 Å². The Morgan fingerprint density at radius 2 is 0.424 bits per heavy atom. The van der Waals surface area contributed by atoms with Gasteiger partial charge < -0.3 is 0 Å². The zero-order valence-electron chi connectivity index (χ0n) is 23.7. The summed E-state index contributed by atoms with van der Waals surface area (Å²) in [5.41, 5.74) is 0. The molecule has 0 unspecified atom stereocenters. The first kappa shape index (κ1) is 33.2. The van der Waals surface area contributed by atoms with Gasteiger partial charge >= 0.3 is 0 Å². The molecule has 0 aliphatic rings. The summed E-state index contributed by atoms with van der Waals surface area (Å²) in [4.78, 5) is 0. The van der Waals surface area contributed by atoms with E-state index >= 15 is 0 Å². The molecule has 198 valence electrons. The second-order valence-corrected chi connectivity index (χ2v) is 12.4. The monoisotopic (exact) mass is 478 g/mol. The van der Waals surface area contributed by atoms with Crippen LogP contribution in [0.1, 0.15) is 194 Å². The predicted octanol–water partition coefficient (Wildman–Crippen LogP) is 12.5. The Labute approximate surface area is 215 Å². The fraction of sp³-hybridized carbons (Fsp3) is 1.00. The van der Waals surface area contributed by atoms with Crippen molar-refractivity contribution in [2.24, 2.45) is 0 Å². The Morgan fingerprint density at radius 1 is 0.242 bits per heavy atom. The number of hydrogen-bond acceptors (Lipinski definition) is 0. The molecule has 0 aliphatic heterocycles. The van der Waals surface area contributed by atoms with E-state index in [0.717, 1.165) is 0 Å². The first-order valence-corrected chi connectivity index (χ1v) is 17.5. The number of unbranched alkanes of at least 4 members (excludes halogenated alkanes) is 26. The van der Waals surface area contributed by atoms with Crippen LogP contribution >= 0.6 is 0 Å². The van der Waals surface area contributed by atoms with Gasteiger partial charge in [-0.2, -0.15) is 0 Å². The Hall–Kier alpha value is 0.217. The zero-order valence-corrected chi connectivity index (χ0v) is 24.7. The molecule has 0 aromatic carbocycles. The summed E-state index contributed by atoms with van der Waals surface area (Å²) in [5.74, 6) is 0. The molecule has 0 fully saturated rings. The molecule has 0 amide bonds. The fourth-order valence-electron chi connectivity index (χ4n) is 5.01. The molecule has 0 aromatic heterocycles. The first-order valence-electron chi connectivity index (χ1n) is 16.1. The maximum Gasteiger partial charge on any atom is 0.0378 e. The molecule has 0 aromatic rings. The Morgan fingerprint density at radius 3 is 0.636 bits per heavy atom. The third kappa shape index (κ3) is 32.2. The summed E-state index contributed by atoms with van der Waals surface area (Å²) in [7, 11) is 1.25. The Balaban J connectivity index is 2.99. The highest BCUT2D eigenvalue weighted by molar-refractivity contribution is 6.35. The molecule has 2 radical (unpaired) electrons. The van der Waals surface area contributed by atoms with Gasteiger partial charge in [0.05, 0.1) is 0 Å². The Kier molecular flexibility index (Phi) is 32.4. The molecular weight excluding hydrogens is 412 g/mol. The van der Waals surface area contributed by atoms with E-state index in [1.807, 2.05) is 0 Å². The largest absolute Gasteiger partial charge is 0.0654 e. The van der Waals surface area contributed by atoms with Crippen LogP contribution in [-0.2, 0) is 0 Å². The second kappa shape index (κ2) is 32.2. The molecule has 0 N–H and O–H groups in total. The van der Waals surface area contributed by atoms with E-state index in [-0.39, 0.29) is 0 Å². The lowest BCUT2D eigenvalue weighted by atomic mass is 10.0. The van der Waals surface area contributed by atoms with Crippen molar-refractivity contribution in [2.45, 2.75) is 206 Å². The maximum absolute atomic E-state index is 2.31. The van der Waals surface area contributed by atoms with Crippen LogP contribution in [0.25, 0.3) is 0 Å². The fourth-order valence-corrected chi connectivity index (χ4v) is 6.26. The summed E-state index contributed by atoms with van der Waals surface area (Å²) < 4.78 is 0. The molecule has 0 saturated heterocycles. The van der Waals surface area contributed by atoms with Crippen LogP contribution in [0.3, 0.4) is 0 Å². The van der Waals surface area contributed by atoms with Crippen molar-refractivity contribution < 1.29 is 0 Å². The van der Waals surface area contributed by atoms with Crippen molar-refractivity contribution in [3.63, 3.8) is 0 Å². The zero-order chi connectivity index (χ0) is 23.9. The summed E-state index contributed by atoms with van der Waals surface area (Å²) in [6, 6.07) is 3.05. The summed E-state index contributed by atoms with van der Waals surface area (Å²) in [5, 5.41) is 0. The third-order valence-electron chi connectivity index (χ3n) is 7.41. The third-order valence-corrected chi connectivity index (χ3v) is 8.83. The smallest absolute Gasteiger partial charge is 0.0378 e. The Bertz CT molecular complexity index is 284. The van der Waals surface area contributed by atoms with Gasteiger partial charge in [0.15, 0.2) is 0 Å². The lowest BCUT2D eigenvalue weighted by molar-refractivity contribution is 0.537. The van der Waals surface area contributed by atoms with Gasteiger partial charge in [0, 0.05) is 9.52 Å². The van der Waals surface area contributed by atoms with Gasteiger partial charge in [-0.3, -0.25) is 0 Å². The summed E-state index contributed by atoms with van der Waals surface area (Å²) in [6.07, 6.45) is 41.5. The molecular formula is C32H66Si. The summed E-state index contributed by atoms with van der Waals surface area (Å²) in [6.45, 7) is 4.61. The van der Waals surface area contributed by atoms with Crippen molar-refractivity contribution in [3.05, 3.63) is 0 Å². The van der Waals surface area contributed by atoms with E-state index in [0.29, 0.717) is 0 Å². The molecule has 1 heteroatoms. The molecule has 0 aliphatic carbocycles. The van der Waals surface area contributed by atoms with Crippen molar-refractivity contribution in [1.82, 2.24) is 0 Å². The van der Waals surface area contributed by atoms with Crippen LogP contribution in [0.15, 0.2) is 0 Å². The van der Waals surface area contributed by atoms with Crippen LogP contribution < -0.4 is 0 Å². The molecule has 0 rings (SSSR count). The molecule has 0 nitrogen and oxygen atoms in total. The number of hydrogen-bond donors (Lipinski definition) is 0. The van der Waals surface area contributed by atoms with Gasteiger partial charge in [-0.1, -0.05) is 206 Å². The molecule has 33 heavy (non-hydrogen) atoms. The van der Waals surface area contributed by atoms with Crippen LogP contribution in [-0.4, -0.2) is 9.52 Å². The first-order chi connectivity index (χ1) is 16.4. The van der Waals surface area contributed by atoms with E-state index < -0.39 is 0 Å². The SMILES string of the molecule is CCCCCCCCCCCCCCCC[Si]CCCCCCCCCCCCCCCC. The lowest BCUT2D eigenvalue weighted by Crippen LogP contribution is -1.90. The van der Waals surface area contributed by atoms with Crippen LogP contribution in [0.4, 0.5) is 0 Å². The highest BCUT2D eigenvalue weighted by atomic mass is 28.2. The normalized spacial score (nSPS) is 11.5. The minimum absolute atomic E-state index is 1.25. The minimum atomic E-state index is 1.25. The topological polar surface area (TPSA) is 0 Å². The maximum atomic E-state index is 2.31. The molecule has 0 saturated carbocycles. The second-order valence-electron chi connectivity index (χ2n) is 10.9. The highest BCUT2D eigenvalue weighted by Crippen LogP contribution is 2.15. The molecule has 0 bridgehead atoms. The van der Waals surface area contributed by atoms with Gasteiger partial charge in [-0.05, 0) is 0 Å². The quantitative estimate of drug-likeness (QED) is 0.0711. The predicted molar refractivity (Wildman–Crippen MR) is 156 cm³/mol. The molecule has 0 atom stereocenters. The van der Waals surface area contributed by atoms with Crippen LogP contribution in [0, 0.1) is 0 Å². The minimum Gasteiger partial charge on any atom is -0.0654 e. The van der Waals surface area contributed by atoms with E-state index in [2.05, 4.69) is 13.8 Å².